The van der Waals surface area contributed by atoms with Gasteiger partial charge in [-0.3, -0.25) is 0 Å². The zero-order chi connectivity index (χ0) is 12.6. The van der Waals surface area contributed by atoms with E-state index in [0.717, 1.165) is 25.7 Å². The molecular formula is C12H25NO3. The summed E-state index contributed by atoms with van der Waals surface area (Å²) in [4.78, 5) is 13.3. The van der Waals surface area contributed by atoms with Crippen LogP contribution in [0, 0.1) is 0 Å². The molecule has 0 saturated heterocycles. The number of amides is 1. The summed E-state index contributed by atoms with van der Waals surface area (Å²) in [5, 5.41) is 8.65. The van der Waals surface area contributed by atoms with E-state index in [1.807, 2.05) is 20.8 Å². The molecule has 0 atom stereocenters. The van der Waals surface area contributed by atoms with Crippen LogP contribution in [0.1, 0.15) is 46.5 Å². The Balaban J connectivity index is 3.99. The van der Waals surface area contributed by atoms with Crippen LogP contribution < -0.4 is 0 Å². The van der Waals surface area contributed by atoms with Gasteiger partial charge in [0.05, 0.1) is 7.11 Å². The number of hydrogen-bond donors (Lipinski definition) is 1. The molecule has 0 spiro atoms. The molecule has 0 aliphatic carbocycles. The maximum atomic E-state index is 11.5. The Kier molecular flexibility index (Phi) is 7.13. The third-order valence-electron chi connectivity index (χ3n) is 2.49. The Morgan fingerprint density at radius 2 is 1.75 bits per heavy atom. The SMILES string of the molecule is COC(=O)N(CCCCCCO)C(C)(C)C. The van der Waals surface area contributed by atoms with Gasteiger partial charge in [-0.15, -0.1) is 0 Å². The predicted molar refractivity (Wildman–Crippen MR) is 64.4 cm³/mol. The molecule has 0 aliphatic heterocycles. The number of ether oxygens (including phenoxy) is 1. The minimum absolute atomic E-state index is 0.204. The second-order valence-electron chi connectivity index (χ2n) is 4.93. The largest absolute Gasteiger partial charge is 0.453 e. The summed E-state index contributed by atoms with van der Waals surface area (Å²) < 4.78 is 4.76. The van der Waals surface area contributed by atoms with Crippen LogP contribution in [0.5, 0.6) is 0 Å². The second-order valence-corrected chi connectivity index (χ2v) is 4.93. The molecule has 0 fully saturated rings. The van der Waals surface area contributed by atoms with Gasteiger partial charge in [0.15, 0.2) is 0 Å². The van der Waals surface area contributed by atoms with Crippen molar-refractivity contribution in [3.05, 3.63) is 0 Å². The standard InChI is InChI=1S/C12H25NO3/c1-12(2,3)13(11(15)16-4)9-7-5-6-8-10-14/h14H,5-10H2,1-4H3. The lowest BCUT2D eigenvalue weighted by atomic mass is 10.1. The fraction of sp³-hybridized carbons (Fsp3) is 0.917. The van der Waals surface area contributed by atoms with Gasteiger partial charge < -0.3 is 14.7 Å². The highest BCUT2D eigenvalue weighted by atomic mass is 16.5. The third-order valence-corrected chi connectivity index (χ3v) is 2.49. The Morgan fingerprint density at radius 3 is 2.19 bits per heavy atom. The van der Waals surface area contributed by atoms with E-state index in [1.165, 1.54) is 7.11 Å². The number of aliphatic hydroxyl groups excluding tert-OH is 1. The number of methoxy groups -OCH3 is 1. The molecule has 0 aliphatic rings. The van der Waals surface area contributed by atoms with Gasteiger partial charge in [-0.05, 0) is 33.6 Å². The van der Waals surface area contributed by atoms with Crippen LogP contribution in [-0.4, -0.2) is 41.9 Å². The smallest absolute Gasteiger partial charge is 0.409 e. The average molecular weight is 231 g/mol. The third kappa shape index (κ3) is 5.95. The zero-order valence-corrected chi connectivity index (χ0v) is 11.0. The first-order valence-electron chi connectivity index (χ1n) is 5.90. The van der Waals surface area contributed by atoms with Crippen molar-refractivity contribution >= 4 is 6.09 Å². The van der Waals surface area contributed by atoms with E-state index in [2.05, 4.69) is 0 Å². The van der Waals surface area contributed by atoms with Crippen LogP contribution in [0.25, 0.3) is 0 Å². The number of carbonyl (C=O) groups is 1. The van der Waals surface area contributed by atoms with E-state index >= 15 is 0 Å². The first-order chi connectivity index (χ1) is 7.43. The first kappa shape index (κ1) is 15.2. The normalized spacial score (nSPS) is 11.3. The Labute approximate surface area is 98.6 Å². The molecule has 4 heteroatoms. The Morgan fingerprint density at radius 1 is 1.19 bits per heavy atom. The highest BCUT2D eigenvalue weighted by Gasteiger charge is 2.26. The number of unbranched alkanes of at least 4 members (excludes halogenated alkanes) is 3. The summed E-state index contributed by atoms with van der Waals surface area (Å²) in [7, 11) is 1.41. The molecule has 0 heterocycles. The van der Waals surface area contributed by atoms with E-state index in [1.54, 1.807) is 4.90 Å². The Bertz CT molecular complexity index is 199. The van der Waals surface area contributed by atoms with Gasteiger partial charge in [0.1, 0.15) is 0 Å². The molecule has 0 unspecified atom stereocenters. The van der Waals surface area contributed by atoms with Gasteiger partial charge in [-0.1, -0.05) is 12.8 Å². The minimum atomic E-state index is -0.269. The number of aliphatic hydroxyl groups is 1. The first-order valence-corrected chi connectivity index (χ1v) is 5.90. The van der Waals surface area contributed by atoms with E-state index in [4.69, 9.17) is 9.84 Å². The topological polar surface area (TPSA) is 49.8 Å². The van der Waals surface area contributed by atoms with Crippen molar-refractivity contribution in [1.82, 2.24) is 4.90 Å². The minimum Gasteiger partial charge on any atom is -0.453 e. The lowest BCUT2D eigenvalue weighted by Gasteiger charge is -2.34. The van der Waals surface area contributed by atoms with Gasteiger partial charge >= 0.3 is 6.09 Å². The molecule has 0 saturated carbocycles. The number of rotatable bonds is 6. The van der Waals surface area contributed by atoms with Gasteiger partial charge in [0.25, 0.3) is 0 Å². The van der Waals surface area contributed by atoms with Crippen molar-refractivity contribution in [3.8, 4) is 0 Å². The molecule has 4 nitrogen and oxygen atoms in total. The highest BCUT2D eigenvalue weighted by Crippen LogP contribution is 2.16. The zero-order valence-electron chi connectivity index (χ0n) is 11.0. The molecule has 0 bridgehead atoms. The summed E-state index contributed by atoms with van der Waals surface area (Å²) in [6.07, 6.45) is 3.56. The highest BCUT2D eigenvalue weighted by molar-refractivity contribution is 5.68. The fourth-order valence-electron chi connectivity index (χ4n) is 1.55. The molecule has 0 aromatic rings. The summed E-state index contributed by atoms with van der Waals surface area (Å²) in [5.74, 6) is 0. The molecule has 96 valence electrons. The van der Waals surface area contributed by atoms with Crippen molar-refractivity contribution in [2.24, 2.45) is 0 Å². The molecule has 0 aromatic heterocycles. The number of carbonyl (C=O) groups excluding carboxylic acids is 1. The Hall–Kier alpha value is -0.770. The van der Waals surface area contributed by atoms with Crippen molar-refractivity contribution in [1.29, 1.82) is 0 Å². The van der Waals surface area contributed by atoms with Crippen molar-refractivity contribution in [2.45, 2.75) is 52.0 Å². The number of hydrogen-bond acceptors (Lipinski definition) is 3. The van der Waals surface area contributed by atoms with Gasteiger partial charge in [0.2, 0.25) is 0 Å². The summed E-state index contributed by atoms with van der Waals surface area (Å²) in [6, 6.07) is 0. The summed E-state index contributed by atoms with van der Waals surface area (Å²) in [5.41, 5.74) is -0.204. The quantitative estimate of drug-likeness (QED) is 0.714. The van der Waals surface area contributed by atoms with Gasteiger partial charge in [-0.2, -0.15) is 0 Å². The maximum Gasteiger partial charge on any atom is 0.409 e. The van der Waals surface area contributed by atoms with E-state index in [0.29, 0.717) is 6.54 Å². The van der Waals surface area contributed by atoms with Gasteiger partial charge in [-0.25, -0.2) is 4.79 Å². The van der Waals surface area contributed by atoms with E-state index in [9.17, 15) is 4.79 Å². The average Bonchev–Trinajstić information content (AvgIpc) is 2.20. The molecule has 0 radical (unpaired) electrons. The van der Waals surface area contributed by atoms with Crippen LogP contribution in [0.2, 0.25) is 0 Å². The van der Waals surface area contributed by atoms with Crippen molar-refractivity contribution < 1.29 is 14.6 Å². The monoisotopic (exact) mass is 231 g/mol. The molecular weight excluding hydrogens is 206 g/mol. The molecule has 0 aromatic carbocycles. The van der Waals surface area contributed by atoms with Crippen molar-refractivity contribution in [2.75, 3.05) is 20.3 Å². The van der Waals surface area contributed by atoms with Crippen LogP contribution in [0.4, 0.5) is 4.79 Å². The lowest BCUT2D eigenvalue weighted by molar-refractivity contribution is 0.0824. The van der Waals surface area contributed by atoms with E-state index in [-0.39, 0.29) is 18.2 Å². The van der Waals surface area contributed by atoms with Crippen LogP contribution in [0.3, 0.4) is 0 Å². The van der Waals surface area contributed by atoms with Crippen molar-refractivity contribution in [3.63, 3.8) is 0 Å². The molecule has 1 N–H and O–H groups in total. The second kappa shape index (κ2) is 7.49. The molecule has 0 rings (SSSR count). The summed E-state index contributed by atoms with van der Waals surface area (Å²) >= 11 is 0. The summed E-state index contributed by atoms with van der Waals surface area (Å²) in [6.45, 7) is 6.95. The van der Waals surface area contributed by atoms with Gasteiger partial charge in [0, 0.05) is 18.7 Å². The van der Waals surface area contributed by atoms with Crippen LogP contribution >= 0.6 is 0 Å². The van der Waals surface area contributed by atoms with Crippen LogP contribution in [0.15, 0.2) is 0 Å². The van der Waals surface area contributed by atoms with E-state index < -0.39 is 0 Å². The molecule has 16 heavy (non-hydrogen) atoms. The fourth-order valence-corrected chi connectivity index (χ4v) is 1.55. The number of nitrogens with zero attached hydrogens (tertiary/aromatic N) is 1. The molecule has 1 amide bonds. The predicted octanol–water partition coefficient (Wildman–Crippen LogP) is 2.41. The van der Waals surface area contributed by atoms with Crippen LogP contribution in [-0.2, 0) is 4.74 Å². The lowest BCUT2D eigenvalue weighted by Crippen LogP contribution is -2.46. The maximum absolute atomic E-state index is 11.5.